The third-order valence-corrected chi connectivity index (χ3v) is 5.97. The molecule has 2 aromatic carbocycles. The average Bonchev–Trinajstić information content (AvgIpc) is 3.17. The Morgan fingerprint density at radius 3 is 2.47 bits per heavy atom. The second kappa shape index (κ2) is 9.02. The van der Waals surface area contributed by atoms with Gasteiger partial charge in [0.25, 0.3) is 0 Å². The largest absolute Gasteiger partial charge is 0.465 e. The summed E-state index contributed by atoms with van der Waals surface area (Å²) in [7, 11) is 3.96. The Morgan fingerprint density at radius 1 is 1.09 bits per heavy atom. The number of unbranched alkanes of at least 4 members (excludes halogenated alkanes) is 1. The molecule has 0 saturated heterocycles. The van der Waals surface area contributed by atoms with Crippen LogP contribution in [0.1, 0.15) is 38.3 Å². The SMILES string of the molecule is CCCCN1C(=O)[C@@H](C(=O)OCC)[C@@H](c2ccc(N(C)C)cc2)n2c1nc1ccccc12. The Hall–Kier alpha value is -3.35. The smallest absolute Gasteiger partial charge is 0.321 e. The molecule has 0 aliphatic carbocycles. The Kier molecular flexibility index (Phi) is 6.17. The summed E-state index contributed by atoms with van der Waals surface area (Å²) in [6.07, 6.45) is 1.76. The van der Waals surface area contributed by atoms with Gasteiger partial charge in [0.2, 0.25) is 11.9 Å². The zero-order valence-corrected chi connectivity index (χ0v) is 19.1. The molecule has 1 aliphatic heterocycles. The maximum Gasteiger partial charge on any atom is 0.321 e. The number of hydrogen-bond donors (Lipinski definition) is 0. The highest BCUT2D eigenvalue weighted by Gasteiger charge is 2.47. The molecule has 0 saturated carbocycles. The molecule has 1 amide bonds. The van der Waals surface area contributed by atoms with E-state index in [0.717, 1.165) is 35.1 Å². The van der Waals surface area contributed by atoms with Crippen molar-refractivity contribution in [2.24, 2.45) is 5.92 Å². The van der Waals surface area contributed by atoms with Crippen LogP contribution in [0.4, 0.5) is 11.6 Å². The van der Waals surface area contributed by atoms with Crippen LogP contribution in [0.15, 0.2) is 48.5 Å². The van der Waals surface area contributed by atoms with Gasteiger partial charge in [-0.3, -0.25) is 14.5 Å². The maximum absolute atomic E-state index is 13.7. The van der Waals surface area contributed by atoms with Crippen LogP contribution in [0.5, 0.6) is 0 Å². The first-order valence-corrected chi connectivity index (χ1v) is 11.2. The molecular formula is C25H30N4O3. The number of ether oxygens (including phenoxy) is 1. The summed E-state index contributed by atoms with van der Waals surface area (Å²) in [5.74, 6) is -1.13. The number of benzene rings is 2. The van der Waals surface area contributed by atoms with Crippen LogP contribution in [0.2, 0.25) is 0 Å². The Bertz CT molecular complexity index is 1120. The first-order chi connectivity index (χ1) is 15.5. The summed E-state index contributed by atoms with van der Waals surface area (Å²) in [5.41, 5.74) is 3.62. The number of anilines is 2. The van der Waals surface area contributed by atoms with Gasteiger partial charge in [-0.1, -0.05) is 37.6 Å². The molecule has 168 valence electrons. The monoisotopic (exact) mass is 434 g/mol. The van der Waals surface area contributed by atoms with Crippen LogP contribution in [-0.2, 0) is 14.3 Å². The van der Waals surface area contributed by atoms with Gasteiger partial charge >= 0.3 is 5.97 Å². The molecule has 7 nitrogen and oxygen atoms in total. The number of hydrogen-bond acceptors (Lipinski definition) is 5. The lowest BCUT2D eigenvalue weighted by Crippen LogP contribution is -2.50. The fourth-order valence-corrected chi connectivity index (χ4v) is 4.35. The number of fused-ring (bicyclic) bond motifs is 3. The number of para-hydroxylation sites is 2. The van der Waals surface area contributed by atoms with E-state index in [4.69, 9.17) is 9.72 Å². The van der Waals surface area contributed by atoms with Crippen molar-refractivity contribution in [2.75, 3.05) is 37.0 Å². The van der Waals surface area contributed by atoms with E-state index in [-0.39, 0.29) is 12.5 Å². The minimum Gasteiger partial charge on any atom is -0.465 e. The van der Waals surface area contributed by atoms with Crippen molar-refractivity contribution < 1.29 is 14.3 Å². The van der Waals surface area contributed by atoms with Gasteiger partial charge in [-0.15, -0.1) is 0 Å². The summed E-state index contributed by atoms with van der Waals surface area (Å²) in [6, 6.07) is 15.3. The van der Waals surface area contributed by atoms with Crippen LogP contribution in [0, 0.1) is 5.92 Å². The second-order valence-corrected chi connectivity index (χ2v) is 8.27. The number of esters is 1. The van der Waals surface area contributed by atoms with Crippen LogP contribution in [0.25, 0.3) is 11.0 Å². The topological polar surface area (TPSA) is 67.7 Å². The number of carbonyl (C=O) groups excluding carboxylic acids is 2. The normalized spacial score (nSPS) is 18.0. The number of amides is 1. The Morgan fingerprint density at radius 2 is 1.81 bits per heavy atom. The van der Waals surface area contributed by atoms with Crippen molar-refractivity contribution in [3.05, 3.63) is 54.1 Å². The molecule has 32 heavy (non-hydrogen) atoms. The summed E-state index contributed by atoms with van der Waals surface area (Å²) in [6.45, 7) is 4.58. The molecule has 1 aliphatic rings. The van der Waals surface area contributed by atoms with E-state index < -0.39 is 17.9 Å². The van der Waals surface area contributed by atoms with Gasteiger partial charge in [-0.2, -0.15) is 0 Å². The number of nitrogens with zero attached hydrogens (tertiary/aromatic N) is 4. The fraction of sp³-hybridized carbons (Fsp3) is 0.400. The molecule has 0 fully saturated rings. The van der Waals surface area contributed by atoms with E-state index >= 15 is 0 Å². The molecule has 7 heteroatoms. The number of rotatable bonds is 7. The van der Waals surface area contributed by atoms with Crippen LogP contribution in [-0.4, -0.2) is 48.7 Å². The lowest BCUT2D eigenvalue weighted by Gasteiger charge is -2.38. The van der Waals surface area contributed by atoms with Crippen LogP contribution < -0.4 is 9.80 Å². The minimum atomic E-state index is -0.970. The van der Waals surface area contributed by atoms with Gasteiger partial charge in [0, 0.05) is 26.3 Å². The van der Waals surface area contributed by atoms with Crippen molar-refractivity contribution in [3.63, 3.8) is 0 Å². The fourth-order valence-electron chi connectivity index (χ4n) is 4.35. The van der Waals surface area contributed by atoms with Gasteiger partial charge in [0.15, 0.2) is 5.92 Å². The van der Waals surface area contributed by atoms with Crippen LogP contribution in [0.3, 0.4) is 0 Å². The van der Waals surface area contributed by atoms with E-state index in [0.29, 0.717) is 12.5 Å². The molecule has 2 atom stereocenters. The molecule has 0 unspecified atom stereocenters. The van der Waals surface area contributed by atoms with E-state index in [1.165, 1.54) is 0 Å². The summed E-state index contributed by atoms with van der Waals surface area (Å²) >= 11 is 0. The van der Waals surface area contributed by atoms with Gasteiger partial charge in [0.05, 0.1) is 23.7 Å². The molecule has 1 aromatic heterocycles. The van der Waals surface area contributed by atoms with Crippen molar-refractivity contribution in [3.8, 4) is 0 Å². The highest BCUT2D eigenvalue weighted by molar-refractivity contribution is 6.08. The Labute approximate surface area is 188 Å². The first kappa shape index (κ1) is 21.9. The molecule has 0 bridgehead atoms. The number of aromatic nitrogens is 2. The van der Waals surface area contributed by atoms with Crippen molar-refractivity contribution in [2.45, 2.75) is 32.7 Å². The van der Waals surface area contributed by atoms with Gasteiger partial charge in [-0.05, 0) is 43.2 Å². The zero-order chi connectivity index (χ0) is 22.8. The first-order valence-electron chi connectivity index (χ1n) is 11.2. The van der Waals surface area contributed by atoms with Gasteiger partial charge in [0.1, 0.15) is 0 Å². The van der Waals surface area contributed by atoms with Crippen molar-refractivity contribution in [1.82, 2.24) is 9.55 Å². The van der Waals surface area contributed by atoms with Crippen molar-refractivity contribution in [1.29, 1.82) is 0 Å². The third-order valence-electron chi connectivity index (χ3n) is 5.97. The van der Waals surface area contributed by atoms with Gasteiger partial charge in [-0.25, -0.2) is 4.98 Å². The summed E-state index contributed by atoms with van der Waals surface area (Å²) in [5, 5.41) is 0. The number of imidazole rings is 1. The Balaban J connectivity index is 1.94. The second-order valence-electron chi connectivity index (χ2n) is 8.27. The molecule has 0 radical (unpaired) electrons. The lowest BCUT2D eigenvalue weighted by molar-refractivity contribution is -0.153. The van der Waals surface area contributed by atoms with E-state index in [9.17, 15) is 9.59 Å². The van der Waals surface area contributed by atoms with E-state index in [1.807, 2.05) is 72.1 Å². The standard InChI is InChI=1S/C25H30N4O3/c1-5-7-16-28-23(30)21(24(31)32-6-2)22(17-12-14-18(15-13-17)27(3)4)29-20-11-9-8-10-19(20)26-25(28)29/h8-15,21-22H,5-7,16H2,1-4H3/t21-,22+/m0/s1. The van der Waals surface area contributed by atoms with Crippen LogP contribution >= 0.6 is 0 Å². The highest BCUT2D eigenvalue weighted by Crippen LogP contribution is 2.41. The molecule has 3 aromatic rings. The minimum absolute atomic E-state index is 0.224. The molecule has 0 spiro atoms. The number of carbonyl (C=O) groups is 2. The lowest BCUT2D eigenvalue weighted by atomic mass is 9.89. The molecule has 4 rings (SSSR count). The highest BCUT2D eigenvalue weighted by atomic mass is 16.5. The average molecular weight is 435 g/mol. The molecule has 2 heterocycles. The quantitative estimate of drug-likeness (QED) is 0.415. The van der Waals surface area contributed by atoms with E-state index in [1.54, 1.807) is 11.8 Å². The van der Waals surface area contributed by atoms with Crippen molar-refractivity contribution >= 4 is 34.5 Å². The third kappa shape index (κ3) is 3.72. The molecular weight excluding hydrogens is 404 g/mol. The predicted octanol–water partition coefficient (Wildman–Crippen LogP) is 4.02. The summed E-state index contributed by atoms with van der Waals surface area (Å²) in [4.78, 5) is 35.3. The molecule has 0 N–H and O–H groups in total. The van der Waals surface area contributed by atoms with Gasteiger partial charge < -0.3 is 14.2 Å². The predicted molar refractivity (Wildman–Crippen MR) is 126 cm³/mol. The summed E-state index contributed by atoms with van der Waals surface area (Å²) < 4.78 is 7.43. The van der Waals surface area contributed by atoms with E-state index in [2.05, 4.69) is 6.92 Å². The zero-order valence-electron chi connectivity index (χ0n) is 19.1. The maximum atomic E-state index is 13.7.